The molecule has 0 aliphatic carbocycles. The molecule has 33 heavy (non-hydrogen) atoms. The Balaban J connectivity index is 1.31. The van der Waals surface area contributed by atoms with Crippen molar-refractivity contribution in [2.75, 3.05) is 29.1 Å². The van der Waals surface area contributed by atoms with E-state index >= 15 is 0 Å². The van der Waals surface area contributed by atoms with E-state index in [-0.39, 0.29) is 11.7 Å². The standard InChI is InChI=1S/C26H29ClN4OS/c1-18-8-9-22(14-19(18)2)28-25(32)17-33-26-29-23(27)16-24(30-26)31-12-10-21(11-13-31)15-20-6-4-3-5-7-20/h3-9,14,16,21H,10-13,15,17H2,1-2H3,(H,28,32). The van der Waals surface area contributed by atoms with Crippen LogP contribution in [0.5, 0.6) is 0 Å². The van der Waals surface area contributed by atoms with Crippen molar-refractivity contribution in [3.63, 3.8) is 0 Å². The van der Waals surface area contributed by atoms with Crippen molar-refractivity contribution in [2.24, 2.45) is 5.92 Å². The minimum Gasteiger partial charge on any atom is -0.356 e. The Morgan fingerprint density at radius 3 is 2.55 bits per heavy atom. The summed E-state index contributed by atoms with van der Waals surface area (Å²) in [7, 11) is 0. The zero-order valence-electron chi connectivity index (χ0n) is 19.1. The zero-order chi connectivity index (χ0) is 23.2. The van der Waals surface area contributed by atoms with Crippen LogP contribution in [0.1, 0.15) is 29.5 Å². The number of nitrogens with zero attached hydrogens (tertiary/aromatic N) is 3. The molecule has 0 atom stereocenters. The molecule has 1 aliphatic rings. The van der Waals surface area contributed by atoms with Gasteiger partial charge in [0.15, 0.2) is 5.16 Å². The highest BCUT2D eigenvalue weighted by Crippen LogP contribution is 2.28. The maximum atomic E-state index is 12.4. The number of carbonyl (C=O) groups excluding carboxylic acids is 1. The van der Waals surface area contributed by atoms with Crippen LogP contribution in [-0.2, 0) is 11.2 Å². The molecule has 172 valence electrons. The molecule has 1 saturated heterocycles. The molecule has 0 bridgehead atoms. The van der Waals surface area contributed by atoms with E-state index in [1.165, 1.54) is 22.9 Å². The summed E-state index contributed by atoms with van der Waals surface area (Å²) in [5.41, 5.74) is 4.55. The molecular formula is C26H29ClN4OS. The van der Waals surface area contributed by atoms with Crippen molar-refractivity contribution in [3.05, 3.63) is 76.4 Å². The van der Waals surface area contributed by atoms with Crippen LogP contribution in [0.2, 0.25) is 5.15 Å². The molecule has 0 unspecified atom stereocenters. The molecule has 5 nitrogen and oxygen atoms in total. The molecule has 1 aliphatic heterocycles. The van der Waals surface area contributed by atoms with Gasteiger partial charge in [-0.15, -0.1) is 0 Å². The third-order valence-corrected chi connectivity index (χ3v) is 7.13. The van der Waals surface area contributed by atoms with Crippen LogP contribution < -0.4 is 10.2 Å². The van der Waals surface area contributed by atoms with Crippen LogP contribution in [0.25, 0.3) is 0 Å². The van der Waals surface area contributed by atoms with Crippen molar-refractivity contribution in [1.29, 1.82) is 0 Å². The van der Waals surface area contributed by atoms with E-state index < -0.39 is 0 Å². The summed E-state index contributed by atoms with van der Waals surface area (Å²) in [6.45, 7) is 5.98. The molecule has 0 spiro atoms. The quantitative estimate of drug-likeness (QED) is 0.258. The van der Waals surface area contributed by atoms with Crippen molar-refractivity contribution in [1.82, 2.24) is 9.97 Å². The number of anilines is 2. The lowest BCUT2D eigenvalue weighted by molar-refractivity contribution is -0.113. The molecule has 1 N–H and O–H groups in total. The van der Waals surface area contributed by atoms with Crippen LogP contribution in [0.3, 0.4) is 0 Å². The molecule has 0 radical (unpaired) electrons. The summed E-state index contributed by atoms with van der Waals surface area (Å²) >= 11 is 7.60. The SMILES string of the molecule is Cc1ccc(NC(=O)CSc2nc(Cl)cc(N3CCC(Cc4ccccc4)CC3)n2)cc1C. The molecule has 2 heterocycles. The molecule has 3 aromatic rings. The van der Waals surface area contributed by atoms with Crippen molar-refractivity contribution >= 4 is 40.8 Å². The summed E-state index contributed by atoms with van der Waals surface area (Å²) in [5.74, 6) is 1.66. The molecular weight excluding hydrogens is 452 g/mol. The van der Waals surface area contributed by atoms with E-state index in [1.54, 1.807) is 0 Å². The number of halogens is 1. The number of piperidine rings is 1. The Bertz CT molecular complexity index is 1100. The maximum Gasteiger partial charge on any atom is 0.234 e. The summed E-state index contributed by atoms with van der Waals surface area (Å²) < 4.78 is 0. The number of hydrogen-bond donors (Lipinski definition) is 1. The smallest absolute Gasteiger partial charge is 0.234 e. The van der Waals surface area contributed by atoms with Crippen molar-refractivity contribution in [2.45, 2.75) is 38.3 Å². The fourth-order valence-electron chi connectivity index (χ4n) is 4.07. The Morgan fingerprint density at radius 1 is 1.06 bits per heavy atom. The van der Waals surface area contributed by atoms with Crippen LogP contribution >= 0.6 is 23.4 Å². The summed E-state index contributed by atoms with van der Waals surface area (Å²) in [4.78, 5) is 23.7. The molecule has 0 saturated carbocycles. The van der Waals surface area contributed by atoms with Gasteiger partial charge in [-0.1, -0.05) is 59.8 Å². The zero-order valence-corrected chi connectivity index (χ0v) is 20.6. The number of aromatic nitrogens is 2. The normalized spacial score (nSPS) is 14.3. The Morgan fingerprint density at radius 2 is 1.82 bits per heavy atom. The third-order valence-electron chi connectivity index (χ3n) is 6.09. The Hall–Kier alpha value is -2.57. The van der Waals surface area contributed by atoms with E-state index in [0.717, 1.165) is 49.4 Å². The highest BCUT2D eigenvalue weighted by molar-refractivity contribution is 7.99. The van der Waals surface area contributed by atoms with E-state index in [9.17, 15) is 4.79 Å². The molecule has 1 amide bonds. The largest absolute Gasteiger partial charge is 0.356 e. The lowest BCUT2D eigenvalue weighted by Gasteiger charge is -2.33. The maximum absolute atomic E-state index is 12.4. The number of rotatable bonds is 7. The van der Waals surface area contributed by atoms with Gasteiger partial charge in [0.1, 0.15) is 11.0 Å². The number of nitrogens with one attached hydrogen (secondary N) is 1. The average molecular weight is 481 g/mol. The minimum absolute atomic E-state index is 0.0879. The van der Waals surface area contributed by atoms with Gasteiger partial charge in [0.25, 0.3) is 0 Å². The second-order valence-corrected chi connectivity index (χ2v) is 9.92. The Kier molecular flexibility index (Phi) is 7.89. The highest BCUT2D eigenvalue weighted by atomic mass is 35.5. The summed E-state index contributed by atoms with van der Waals surface area (Å²) in [6.07, 6.45) is 3.37. The molecule has 1 fully saturated rings. The monoisotopic (exact) mass is 480 g/mol. The van der Waals surface area contributed by atoms with Crippen molar-refractivity contribution < 1.29 is 4.79 Å². The lowest BCUT2D eigenvalue weighted by atomic mass is 9.90. The van der Waals surface area contributed by atoms with Gasteiger partial charge >= 0.3 is 0 Å². The van der Waals surface area contributed by atoms with Gasteiger partial charge in [0.05, 0.1) is 5.75 Å². The van der Waals surface area contributed by atoms with E-state index in [2.05, 4.69) is 57.4 Å². The van der Waals surface area contributed by atoms with Gasteiger partial charge in [0, 0.05) is 24.8 Å². The van der Waals surface area contributed by atoms with Crippen LogP contribution in [-0.4, -0.2) is 34.7 Å². The number of thioether (sulfide) groups is 1. The summed E-state index contributed by atoms with van der Waals surface area (Å²) in [5, 5.41) is 3.87. The average Bonchev–Trinajstić information content (AvgIpc) is 2.81. The fourth-order valence-corrected chi connectivity index (χ4v) is 4.95. The van der Waals surface area contributed by atoms with Gasteiger partial charge in [-0.2, -0.15) is 0 Å². The second kappa shape index (κ2) is 11.0. The summed E-state index contributed by atoms with van der Waals surface area (Å²) in [6, 6.07) is 18.4. The first-order chi connectivity index (χ1) is 16.0. The first-order valence-corrected chi connectivity index (χ1v) is 12.7. The molecule has 2 aromatic carbocycles. The van der Waals surface area contributed by atoms with Crippen LogP contribution in [0.4, 0.5) is 11.5 Å². The number of benzene rings is 2. The van der Waals surface area contributed by atoms with Gasteiger partial charge < -0.3 is 10.2 Å². The van der Waals surface area contributed by atoms with Gasteiger partial charge in [-0.3, -0.25) is 4.79 Å². The number of hydrogen-bond acceptors (Lipinski definition) is 5. The third kappa shape index (κ3) is 6.71. The first-order valence-electron chi connectivity index (χ1n) is 11.3. The van der Waals surface area contributed by atoms with E-state index in [0.29, 0.717) is 16.2 Å². The predicted octanol–water partition coefficient (Wildman–Crippen LogP) is 5.94. The first kappa shape index (κ1) is 23.6. The number of aryl methyl sites for hydroxylation is 2. The molecule has 1 aromatic heterocycles. The van der Waals surface area contributed by atoms with E-state index in [1.807, 2.05) is 31.2 Å². The van der Waals surface area contributed by atoms with Gasteiger partial charge in [-0.05, 0) is 67.9 Å². The van der Waals surface area contributed by atoms with Gasteiger partial charge in [-0.25, -0.2) is 9.97 Å². The second-order valence-electron chi connectivity index (χ2n) is 8.59. The fraction of sp³-hybridized carbons (Fsp3) is 0.346. The topological polar surface area (TPSA) is 58.1 Å². The number of amides is 1. The predicted molar refractivity (Wildman–Crippen MR) is 137 cm³/mol. The molecule has 4 rings (SSSR count). The lowest BCUT2D eigenvalue weighted by Crippen LogP contribution is -2.35. The highest BCUT2D eigenvalue weighted by Gasteiger charge is 2.21. The van der Waals surface area contributed by atoms with Gasteiger partial charge in [0.2, 0.25) is 5.91 Å². The molecule has 7 heteroatoms. The minimum atomic E-state index is -0.0879. The van der Waals surface area contributed by atoms with Crippen LogP contribution in [0.15, 0.2) is 59.8 Å². The van der Waals surface area contributed by atoms with Crippen molar-refractivity contribution in [3.8, 4) is 0 Å². The van der Waals surface area contributed by atoms with Crippen LogP contribution in [0, 0.1) is 19.8 Å². The Labute approximate surface area is 205 Å². The number of carbonyl (C=O) groups is 1. The van der Waals surface area contributed by atoms with E-state index in [4.69, 9.17) is 11.6 Å².